The van der Waals surface area contributed by atoms with Gasteiger partial charge in [-0.1, -0.05) is 12.1 Å². The van der Waals surface area contributed by atoms with Crippen LogP contribution in [0.3, 0.4) is 0 Å². The Hall–Kier alpha value is -5.06. The number of para-hydroxylation sites is 1. The van der Waals surface area contributed by atoms with Crippen molar-refractivity contribution in [1.29, 1.82) is 0 Å². The minimum absolute atomic E-state index is 0.223. The zero-order valence-corrected chi connectivity index (χ0v) is 19.1. The zero-order chi connectivity index (χ0) is 25.1. The first-order chi connectivity index (χ1) is 17.5. The summed E-state index contributed by atoms with van der Waals surface area (Å²) >= 11 is 0. The topological polar surface area (TPSA) is 112 Å². The smallest absolute Gasteiger partial charge is 0.261 e. The molecular formula is C25H21FN8O2. The Morgan fingerprint density at radius 2 is 1.61 bits per heavy atom. The second-order valence-corrected chi connectivity index (χ2v) is 7.91. The third-order valence-corrected chi connectivity index (χ3v) is 5.54. The van der Waals surface area contributed by atoms with Crippen LogP contribution in [0.15, 0.2) is 91.9 Å². The summed E-state index contributed by atoms with van der Waals surface area (Å²) in [5.41, 5.74) is 1.55. The fraction of sp³-hybridized carbons (Fsp3) is 0.0800. The van der Waals surface area contributed by atoms with E-state index in [1.54, 1.807) is 78.5 Å². The van der Waals surface area contributed by atoms with E-state index in [2.05, 4.69) is 25.8 Å². The number of benzene rings is 2. The van der Waals surface area contributed by atoms with Gasteiger partial charge in [0.05, 0.1) is 6.20 Å². The van der Waals surface area contributed by atoms with Crippen LogP contribution in [0.2, 0.25) is 0 Å². The first-order valence-corrected chi connectivity index (χ1v) is 11.0. The summed E-state index contributed by atoms with van der Waals surface area (Å²) in [7, 11) is 0. The van der Waals surface area contributed by atoms with Crippen LogP contribution in [0.5, 0.6) is 0 Å². The van der Waals surface area contributed by atoms with E-state index in [1.165, 1.54) is 34.3 Å². The lowest BCUT2D eigenvalue weighted by molar-refractivity contribution is -0.119. The maximum absolute atomic E-state index is 14.5. The van der Waals surface area contributed by atoms with Crippen molar-refractivity contribution in [2.45, 2.75) is 13.0 Å². The molecule has 10 nitrogen and oxygen atoms in total. The quantitative estimate of drug-likeness (QED) is 0.365. The lowest BCUT2D eigenvalue weighted by Gasteiger charge is -2.13. The van der Waals surface area contributed by atoms with Gasteiger partial charge in [0.15, 0.2) is 5.82 Å². The first-order valence-electron chi connectivity index (χ1n) is 11.0. The summed E-state index contributed by atoms with van der Waals surface area (Å²) in [6, 6.07) is 16.0. The van der Waals surface area contributed by atoms with Gasteiger partial charge in [0.2, 0.25) is 5.91 Å². The molecule has 0 fully saturated rings. The van der Waals surface area contributed by atoms with Crippen LogP contribution >= 0.6 is 0 Å². The van der Waals surface area contributed by atoms with E-state index in [0.29, 0.717) is 17.2 Å². The maximum Gasteiger partial charge on any atom is 0.261 e. The number of halogens is 1. The van der Waals surface area contributed by atoms with Crippen LogP contribution in [-0.4, -0.2) is 40.9 Å². The van der Waals surface area contributed by atoms with E-state index in [4.69, 9.17) is 0 Å². The van der Waals surface area contributed by atoms with E-state index >= 15 is 0 Å². The molecule has 2 aromatic carbocycles. The van der Waals surface area contributed by atoms with E-state index < -0.39 is 17.8 Å². The van der Waals surface area contributed by atoms with Crippen LogP contribution in [0.1, 0.15) is 23.3 Å². The molecule has 2 N–H and O–H groups in total. The fourth-order valence-electron chi connectivity index (χ4n) is 3.65. The van der Waals surface area contributed by atoms with Gasteiger partial charge in [-0.15, -0.1) is 0 Å². The number of rotatable bonds is 7. The number of carbonyl (C=O) groups is 2. The van der Waals surface area contributed by atoms with Crippen LogP contribution < -0.4 is 10.6 Å². The number of anilines is 2. The molecule has 0 bridgehead atoms. The molecule has 5 aromatic rings. The van der Waals surface area contributed by atoms with Gasteiger partial charge in [0.25, 0.3) is 5.91 Å². The first kappa shape index (κ1) is 22.7. The third-order valence-electron chi connectivity index (χ3n) is 5.54. The van der Waals surface area contributed by atoms with E-state index in [1.807, 2.05) is 0 Å². The van der Waals surface area contributed by atoms with E-state index in [9.17, 15) is 14.0 Å². The lowest BCUT2D eigenvalue weighted by atomic mass is 10.2. The van der Waals surface area contributed by atoms with Crippen molar-refractivity contribution in [3.05, 3.63) is 103 Å². The second kappa shape index (κ2) is 9.66. The van der Waals surface area contributed by atoms with Crippen molar-refractivity contribution >= 4 is 23.2 Å². The Morgan fingerprint density at radius 3 is 2.28 bits per heavy atom. The molecule has 0 aliphatic heterocycles. The summed E-state index contributed by atoms with van der Waals surface area (Å²) < 4.78 is 19.0. The highest BCUT2D eigenvalue weighted by Crippen LogP contribution is 2.23. The molecule has 36 heavy (non-hydrogen) atoms. The van der Waals surface area contributed by atoms with Crippen molar-refractivity contribution in [3.8, 4) is 11.5 Å². The number of nitrogens with one attached hydrogen (secondary N) is 2. The van der Waals surface area contributed by atoms with E-state index in [0.717, 1.165) is 0 Å². The standard InChI is InChI=1S/C25H21FN8O2/c1-17(33-16-27-15-29-33)23(35)30-18-8-10-19(11-9-18)31-24(36)20-14-28-34(22-7-3-2-6-21(22)26)25(20)32-12-4-5-13-32/h2-17H,1H3,(H,30,35)(H,31,36). The van der Waals surface area contributed by atoms with Gasteiger partial charge in [0, 0.05) is 23.8 Å². The lowest BCUT2D eigenvalue weighted by Crippen LogP contribution is -2.24. The van der Waals surface area contributed by atoms with Crippen molar-refractivity contribution in [2.24, 2.45) is 0 Å². The predicted octanol–water partition coefficient (Wildman–Crippen LogP) is 3.85. The summed E-state index contributed by atoms with van der Waals surface area (Å²) in [6.07, 6.45) is 7.74. The Morgan fingerprint density at radius 1 is 0.917 bits per heavy atom. The molecule has 3 aromatic heterocycles. The Bertz CT molecular complexity index is 1490. The molecule has 0 saturated carbocycles. The molecule has 3 heterocycles. The second-order valence-electron chi connectivity index (χ2n) is 7.91. The molecule has 0 aliphatic carbocycles. The van der Waals surface area contributed by atoms with Gasteiger partial charge < -0.3 is 15.2 Å². The van der Waals surface area contributed by atoms with Gasteiger partial charge in [0.1, 0.15) is 35.8 Å². The van der Waals surface area contributed by atoms with Gasteiger partial charge in [-0.25, -0.2) is 18.7 Å². The van der Waals surface area contributed by atoms with Crippen molar-refractivity contribution in [1.82, 2.24) is 29.1 Å². The van der Waals surface area contributed by atoms with Crippen molar-refractivity contribution < 1.29 is 14.0 Å². The normalized spacial score (nSPS) is 11.7. The molecule has 5 rings (SSSR count). The zero-order valence-electron chi connectivity index (χ0n) is 19.1. The molecule has 2 amide bonds. The number of nitrogens with zero attached hydrogens (tertiary/aromatic N) is 6. The molecule has 180 valence electrons. The fourth-order valence-corrected chi connectivity index (χ4v) is 3.65. The molecule has 0 radical (unpaired) electrons. The number of hydrogen-bond donors (Lipinski definition) is 2. The highest BCUT2D eigenvalue weighted by atomic mass is 19.1. The molecule has 1 atom stereocenters. The number of carbonyl (C=O) groups excluding carboxylic acids is 2. The molecular weight excluding hydrogens is 463 g/mol. The van der Waals surface area contributed by atoms with E-state index in [-0.39, 0.29) is 17.2 Å². The minimum atomic E-state index is -0.537. The molecule has 1 unspecified atom stereocenters. The molecule has 0 spiro atoms. The van der Waals surface area contributed by atoms with Gasteiger partial charge in [-0.05, 0) is 55.5 Å². The monoisotopic (exact) mass is 484 g/mol. The number of aromatic nitrogens is 6. The van der Waals surface area contributed by atoms with Crippen molar-refractivity contribution in [2.75, 3.05) is 10.6 Å². The molecule has 0 saturated heterocycles. The third kappa shape index (κ3) is 4.49. The average Bonchev–Trinajstić information content (AvgIpc) is 3.66. The van der Waals surface area contributed by atoms with Crippen LogP contribution in [0.25, 0.3) is 11.5 Å². The van der Waals surface area contributed by atoms with Gasteiger partial charge in [-0.2, -0.15) is 10.2 Å². The van der Waals surface area contributed by atoms with Gasteiger partial charge in [-0.3, -0.25) is 9.59 Å². The predicted molar refractivity (Wildman–Crippen MR) is 131 cm³/mol. The highest BCUT2D eigenvalue weighted by Gasteiger charge is 2.21. The largest absolute Gasteiger partial charge is 0.324 e. The van der Waals surface area contributed by atoms with Crippen LogP contribution in [0, 0.1) is 5.82 Å². The summed E-state index contributed by atoms with van der Waals surface area (Å²) in [6.45, 7) is 1.71. The van der Waals surface area contributed by atoms with Gasteiger partial charge >= 0.3 is 0 Å². The van der Waals surface area contributed by atoms with Crippen LogP contribution in [0.4, 0.5) is 15.8 Å². The summed E-state index contributed by atoms with van der Waals surface area (Å²) in [4.78, 5) is 29.5. The SMILES string of the molecule is CC(C(=O)Nc1ccc(NC(=O)c2cnn(-c3ccccc3F)c2-n2cccc2)cc1)n1cncn1. The van der Waals surface area contributed by atoms with Crippen LogP contribution in [-0.2, 0) is 4.79 Å². The maximum atomic E-state index is 14.5. The average molecular weight is 484 g/mol. The summed E-state index contributed by atoms with van der Waals surface area (Å²) in [5.74, 6) is -0.739. The van der Waals surface area contributed by atoms with Crippen molar-refractivity contribution in [3.63, 3.8) is 0 Å². The molecule has 11 heteroatoms. The highest BCUT2D eigenvalue weighted by molar-refractivity contribution is 6.06. The Kier molecular flexibility index (Phi) is 6.10. The Balaban J connectivity index is 1.35. The summed E-state index contributed by atoms with van der Waals surface area (Å²) in [5, 5.41) is 13.9. The Labute approximate surface area is 205 Å². The molecule has 0 aliphatic rings. The number of hydrogen-bond acceptors (Lipinski definition) is 5. The number of amides is 2. The minimum Gasteiger partial charge on any atom is -0.324 e.